The Morgan fingerprint density at radius 2 is 2.00 bits per heavy atom. The summed E-state index contributed by atoms with van der Waals surface area (Å²) in [5.74, 6) is -0.205. The second kappa shape index (κ2) is 4.95. The molecule has 0 aliphatic carbocycles. The molecule has 0 atom stereocenters. The molecular formula is C9H13N3O3S. The van der Waals surface area contributed by atoms with E-state index in [-0.39, 0.29) is 12.3 Å². The molecule has 4 N–H and O–H groups in total. The first-order chi connectivity index (χ1) is 7.42. The van der Waals surface area contributed by atoms with Crippen LogP contribution in [-0.4, -0.2) is 21.4 Å². The molecule has 7 heteroatoms. The molecule has 0 unspecified atom stereocenters. The van der Waals surface area contributed by atoms with Gasteiger partial charge < -0.3 is 5.32 Å². The molecule has 0 fully saturated rings. The van der Waals surface area contributed by atoms with Crippen molar-refractivity contribution in [2.75, 3.05) is 11.8 Å². The second-order valence-corrected chi connectivity index (χ2v) is 4.45. The third kappa shape index (κ3) is 3.87. The molecule has 16 heavy (non-hydrogen) atoms. The number of hydrogen-bond donors (Lipinski definition) is 3. The van der Waals surface area contributed by atoms with Crippen molar-refractivity contribution >= 4 is 21.8 Å². The minimum Gasteiger partial charge on any atom is -0.359 e. The van der Waals surface area contributed by atoms with Crippen LogP contribution >= 0.6 is 0 Å². The fourth-order valence-electron chi connectivity index (χ4n) is 1.19. The van der Waals surface area contributed by atoms with Crippen LogP contribution in [0.1, 0.15) is 5.56 Å². The van der Waals surface area contributed by atoms with E-state index >= 15 is 0 Å². The molecule has 0 aromatic heterocycles. The lowest BCUT2D eigenvalue weighted by atomic mass is 10.1. The quantitative estimate of drug-likeness (QED) is 0.670. The molecule has 1 amide bonds. The monoisotopic (exact) mass is 243 g/mol. The zero-order valence-corrected chi connectivity index (χ0v) is 9.54. The van der Waals surface area contributed by atoms with E-state index in [0.29, 0.717) is 11.3 Å². The van der Waals surface area contributed by atoms with E-state index in [4.69, 9.17) is 5.14 Å². The Balaban J connectivity index is 2.96. The van der Waals surface area contributed by atoms with Gasteiger partial charge in [-0.1, -0.05) is 18.2 Å². The topological polar surface area (TPSA) is 101 Å². The van der Waals surface area contributed by atoms with E-state index < -0.39 is 10.2 Å². The SMILES string of the molecule is CNC(=O)Cc1ccccc1NS(N)(=O)=O. The summed E-state index contributed by atoms with van der Waals surface area (Å²) in [4.78, 5) is 11.2. The number of nitrogens with two attached hydrogens (primary N) is 1. The average molecular weight is 243 g/mol. The molecular weight excluding hydrogens is 230 g/mol. The van der Waals surface area contributed by atoms with Gasteiger partial charge in [-0.25, -0.2) is 5.14 Å². The highest BCUT2D eigenvalue weighted by atomic mass is 32.2. The maximum absolute atomic E-state index is 11.2. The summed E-state index contributed by atoms with van der Waals surface area (Å²) in [6.07, 6.45) is 0.0925. The molecule has 1 aromatic carbocycles. The molecule has 1 aromatic rings. The summed E-state index contributed by atoms with van der Waals surface area (Å²) in [7, 11) is -2.31. The van der Waals surface area contributed by atoms with Crippen LogP contribution in [0.15, 0.2) is 24.3 Å². The molecule has 6 nitrogen and oxygen atoms in total. The number of carbonyl (C=O) groups is 1. The Morgan fingerprint density at radius 1 is 1.38 bits per heavy atom. The molecule has 0 spiro atoms. The van der Waals surface area contributed by atoms with Gasteiger partial charge in [-0.15, -0.1) is 0 Å². The largest absolute Gasteiger partial charge is 0.359 e. The first-order valence-electron chi connectivity index (χ1n) is 4.51. The van der Waals surface area contributed by atoms with E-state index in [1.807, 2.05) is 0 Å². The first-order valence-corrected chi connectivity index (χ1v) is 6.06. The summed E-state index contributed by atoms with van der Waals surface area (Å²) in [6, 6.07) is 6.57. The number of hydrogen-bond acceptors (Lipinski definition) is 3. The third-order valence-electron chi connectivity index (χ3n) is 1.90. The normalized spacial score (nSPS) is 10.9. The van der Waals surface area contributed by atoms with Gasteiger partial charge in [0.1, 0.15) is 0 Å². The van der Waals surface area contributed by atoms with Crippen LogP contribution in [-0.2, 0) is 21.4 Å². The zero-order chi connectivity index (χ0) is 12.2. The highest BCUT2D eigenvalue weighted by molar-refractivity contribution is 7.90. The van der Waals surface area contributed by atoms with Crippen molar-refractivity contribution in [2.45, 2.75) is 6.42 Å². The summed E-state index contributed by atoms with van der Waals surface area (Å²) < 4.78 is 23.9. The molecule has 0 bridgehead atoms. The van der Waals surface area contributed by atoms with Crippen molar-refractivity contribution in [3.05, 3.63) is 29.8 Å². The van der Waals surface area contributed by atoms with Crippen molar-refractivity contribution < 1.29 is 13.2 Å². The minimum absolute atomic E-state index is 0.0925. The number of nitrogens with one attached hydrogen (secondary N) is 2. The molecule has 0 saturated heterocycles. The van der Waals surface area contributed by atoms with Crippen LogP contribution < -0.4 is 15.2 Å². The Labute approximate surface area is 94.0 Å². The minimum atomic E-state index is -3.82. The number of benzene rings is 1. The van der Waals surface area contributed by atoms with Gasteiger partial charge in [0.15, 0.2) is 0 Å². The first kappa shape index (κ1) is 12.5. The zero-order valence-electron chi connectivity index (χ0n) is 8.73. The Hall–Kier alpha value is -1.60. The van der Waals surface area contributed by atoms with Gasteiger partial charge in [0.25, 0.3) is 10.2 Å². The molecule has 0 radical (unpaired) electrons. The summed E-state index contributed by atoms with van der Waals surface area (Å²) in [5, 5.41) is 7.32. The van der Waals surface area contributed by atoms with Crippen LogP contribution in [0.3, 0.4) is 0 Å². The Morgan fingerprint density at radius 3 is 2.56 bits per heavy atom. The maximum Gasteiger partial charge on any atom is 0.296 e. The predicted octanol–water partition coefficient (Wildman–Crippen LogP) is -0.409. The van der Waals surface area contributed by atoms with Crippen molar-refractivity contribution in [2.24, 2.45) is 5.14 Å². The Kier molecular flexibility index (Phi) is 3.86. The average Bonchev–Trinajstić information content (AvgIpc) is 2.18. The van der Waals surface area contributed by atoms with Gasteiger partial charge in [-0.2, -0.15) is 8.42 Å². The number of anilines is 1. The lowest BCUT2D eigenvalue weighted by Crippen LogP contribution is -2.24. The lowest BCUT2D eigenvalue weighted by molar-refractivity contribution is -0.119. The molecule has 0 aliphatic heterocycles. The lowest BCUT2D eigenvalue weighted by Gasteiger charge is -2.09. The van der Waals surface area contributed by atoms with Gasteiger partial charge >= 0.3 is 0 Å². The van der Waals surface area contributed by atoms with Gasteiger partial charge in [0.05, 0.1) is 12.1 Å². The van der Waals surface area contributed by atoms with E-state index in [1.165, 1.54) is 7.05 Å². The van der Waals surface area contributed by atoms with E-state index in [9.17, 15) is 13.2 Å². The van der Waals surface area contributed by atoms with E-state index in [1.54, 1.807) is 24.3 Å². The van der Waals surface area contributed by atoms with Gasteiger partial charge in [0, 0.05) is 7.05 Å². The van der Waals surface area contributed by atoms with Crippen LogP contribution in [0, 0.1) is 0 Å². The van der Waals surface area contributed by atoms with E-state index in [0.717, 1.165) is 0 Å². The predicted molar refractivity (Wildman–Crippen MR) is 60.9 cm³/mol. The van der Waals surface area contributed by atoms with Crippen molar-refractivity contribution in [3.63, 3.8) is 0 Å². The van der Waals surface area contributed by atoms with Crippen molar-refractivity contribution in [1.82, 2.24) is 5.32 Å². The number of amides is 1. The van der Waals surface area contributed by atoms with Crippen LogP contribution in [0.2, 0.25) is 0 Å². The molecule has 0 saturated carbocycles. The fraction of sp³-hybridized carbons (Fsp3) is 0.222. The number of para-hydroxylation sites is 1. The molecule has 0 aliphatic rings. The third-order valence-corrected chi connectivity index (χ3v) is 2.40. The molecule has 88 valence electrons. The highest BCUT2D eigenvalue weighted by Gasteiger charge is 2.09. The fourth-order valence-corrected chi connectivity index (χ4v) is 1.69. The van der Waals surface area contributed by atoms with Crippen molar-refractivity contribution in [3.8, 4) is 0 Å². The highest BCUT2D eigenvalue weighted by Crippen LogP contribution is 2.16. The second-order valence-electron chi connectivity index (χ2n) is 3.15. The van der Waals surface area contributed by atoms with Gasteiger partial charge in [-0.05, 0) is 11.6 Å². The van der Waals surface area contributed by atoms with Gasteiger partial charge in [0.2, 0.25) is 5.91 Å². The number of likely N-dealkylation sites (N-methyl/N-ethyl adjacent to an activating group) is 1. The van der Waals surface area contributed by atoms with Gasteiger partial charge in [-0.3, -0.25) is 9.52 Å². The maximum atomic E-state index is 11.2. The standard InChI is InChI=1S/C9H13N3O3S/c1-11-9(13)6-7-4-2-3-5-8(7)12-16(10,14)15/h2-5,12H,6H2,1H3,(H,11,13)(H2,10,14,15). The smallest absolute Gasteiger partial charge is 0.296 e. The molecule has 1 rings (SSSR count). The van der Waals surface area contributed by atoms with Crippen molar-refractivity contribution in [1.29, 1.82) is 0 Å². The summed E-state index contributed by atoms with van der Waals surface area (Å²) in [5.41, 5.74) is 0.879. The van der Waals surface area contributed by atoms with Crippen LogP contribution in [0.25, 0.3) is 0 Å². The molecule has 0 heterocycles. The summed E-state index contributed by atoms with van der Waals surface area (Å²) >= 11 is 0. The van der Waals surface area contributed by atoms with Crippen LogP contribution in [0.5, 0.6) is 0 Å². The summed E-state index contributed by atoms with van der Waals surface area (Å²) in [6.45, 7) is 0. The van der Waals surface area contributed by atoms with Crippen LogP contribution in [0.4, 0.5) is 5.69 Å². The number of carbonyl (C=O) groups excluding carboxylic acids is 1. The number of rotatable bonds is 4. The van der Waals surface area contributed by atoms with E-state index in [2.05, 4.69) is 10.0 Å². The Bertz CT molecular complexity index is 485.